The molecule has 1 aromatic rings. The van der Waals surface area contributed by atoms with Gasteiger partial charge < -0.3 is 10.5 Å². The van der Waals surface area contributed by atoms with Gasteiger partial charge in [0.05, 0.1) is 5.56 Å². The summed E-state index contributed by atoms with van der Waals surface area (Å²) in [5.74, 6) is 0.907. The number of nitrogens with two attached hydrogens (primary N) is 1. The molecule has 0 aliphatic heterocycles. The number of nitrogen functional groups attached to an aromatic ring is 1. The molecule has 21 heavy (non-hydrogen) atoms. The summed E-state index contributed by atoms with van der Waals surface area (Å²) in [6, 6.07) is 4.53. The van der Waals surface area contributed by atoms with Crippen molar-refractivity contribution < 1.29 is 13.5 Å². The molecular formula is C17H23F2NO. The van der Waals surface area contributed by atoms with Crippen molar-refractivity contribution in [2.24, 2.45) is 16.7 Å². The van der Waals surface area contributed by atoms with Gasteiger partial charge in [-0.05, 0) is 48.8 Å². The van der Waals surface area contributed by atoms with E-state index in [0.717, 1.165) is 12.8 Å². The van der Waals surface area contributed by atoms with Crippen LogP contribution < -0.4 is 10.5 Å². The minimum Gasteiger partial charge on any atom is -0.489 e. The van der Waals surface area contributed by atoms with Crippen LogP contribution in [-0.4, -0.2) is 6.10 Å². The molecule has 0 saturated heterocycles. The molecule has 0 amide bonds. The number of hydrogen-bond acceptors (Lipinski definition) is 2. The molecule has 2 fully saturated rings. The standard InChI is InChI=1S/C17H23F2NO/c1-16(2)10-6-7-17(16,3)14(8-10)21-13-5-4-11(20)9-12(13)15(18)19/h4-5,9-10,14-15H,6-8,20H2,1-3H3. The largest absolute Gasteiger partial charge is 0.489 e. The van der Waals surface area contributed by atoms with Crippen LogP contribution in [0.15, 0.2) is 18.2 Å². The summed E-state index contributed by atoms with van der Waals surface area (Å²) in [7, 11) is 0. The van der Waals surface area contributed by atoms with E-state index in [-0.39, 0.29) is 28.2 Å². The van der Waals surface area contributed by atoms with Crippen LogP contribution in [0.3, 0.4) is 0 Å². The smallest absolute Gasteiger partial charge is 0.267 e. The van der Waals surface area contributed by atoms with E-state index in [0.29, 0.717) is 11.6 Å². The van der Waals surface area contributed by atoms with Gasteiger partial charge in [-0.1, -0.05) is 20.8 Å². The topological polar surface area (TPSA) is 35.2 Å². The van der Waals surface area contributed by atoms with Crippen LogP contribution in [0.5, 0.6) is 5.75 Å². The fourth-order valence-electron chi connectivity index (χ4n) is 4.31. The molecule has 2 nitrogen and oxygen atoms in total. The highest BCUT2D eigenvalue weighted by atomic mass is 19.3. The first kappa shape index (κ1) is 14.6. The number of hydrogen-bond donors (Lipinski definition) is 1. The number of rotatable bonds is 3. The van der Waals surface area contributed by atoms with Crippen molar-refractivity contribution in [3.63, 3.8) is 0 Å². The molecule has 3 unspecified atom stereocenters. The lowest BCUT2D eigenvalue weighted by atomic mass is 9.70. The predicted octanol–water partition coefficient (Wildman–Crippen LogP) is 4.80. The third kappa shape index (κ3) is 2.02. The maximum Gasteiger partial charge on any atom is 0.267 e. The molecule has 1 aromatic carbocycles. The summed E-state index contributed by atoms with van der Waals surface area (Å²) in [4.78, 5) is 0. The van der Waals surface area contributed by atoms with E-state index in [1.165, 1.54) is 12.5 Å². The van der Waals surface area contributed by atoms with Gasteiger partial charge in [0.2, 0.25) is 0 Å². The van der Waals surface area contributed by atoms with Gasteiger partial charge in [-0.25, -0.2) is 8.78 Å². The van der Waals surface area contributed by atoms with Gasteiger partial charge in [-0.2, -0.15) is 0 Å². The molecule has 2 N–H and O–H groups in total. The maximum absolute atomic E-state index is 13.2. The van der Waals surface area contributed by atoms with Crippen molar-refractivity contribution in [3.05, 3.63) is 23.8 Å². The Bertz CT molecular complexity index is 558. The van der Waals surface area contributed by atoms with E-state index >= 15 is 0 Å². The molecule has 0 spiro atoms. The molecular weight excluding hydrogens is 272 g/mol. The Balaban J connectivity index is 1.89. The zero-order valence-corrected chi connectivity index (χ0v) is 12.8. The van der Waals surface area contributed by atoms with E-state index in [9.17, 15) is 8.78 Å². The minimum absolute atomic E-state index is 0.00683. The third-order valence-electron chi connectivity index (χ3n) is 6.25. The number of anilines is 1. The fourth-order valence-corrected chi connectivity index (χ4v) is 4.31. The van der Waals surface area contributed by atoms with Gasteiger partial charge in [0.25, 0.3) is 6.43 Å². The molecule has 2 aliphatic carbocycles. The average molecular weight is 295 g/mol. The molecule has 3 atom stereocenters. The minimum atomic E-state index is -2.57. The van der Waals surface area contributed by atoms with Gasteiger partial charge in [-0.15, -0.1) is 0 Å². The summed E-state index contributed by atoms with van der Waals surface area (Å²) in [5.41, 5.74) is 6.12. The van der Waals surface area contributed by atoms with Gasteiger partial charge in [0.15, 0.2) is 0 Å². The molecule has 2 aliphatic rings. The Hall–Kier alpha value is -1.32. The molecule has 0 heterocycles. The van der Waals surface area contributed by atoms with Gasteiger partial charge >= 0.3 is 0 Å². The van der Waals surface area contributed by atoms with Crippen LogP contribution in [0.2, 0.25) is 0 Å². The van der Waals surface area contributed by atoms with Gasteiger partial charge in [-0.3, -0.25) is 0 Å². The zero-order chi connectivity index (χ0) is 15.4. The highest BCUT2D eigenvalue weighted by Gasteiger charge is 2.62. The second kappa shape index (κ2) is 4.59. The Morgan fingerprint density at radius 3 is 2.52 bits per heavy atom. The van der Waals surface area contributed by atoms with Crippen molar-refractivity contribution in [1.82, 2.24) is 0 Å². The molecule has 0 radical (unpaired) electrons. The summed E-state index contributed by atoms with van der Waals surface area (Å²) in [6.45, 7) is 6.81. The van der Waals surface area contributed by atoms with Crippen LogP contribution in [-0.2, 0) is 0 Å². The van der Waals surface area contributed by atoms with Crippen LogP contribution in [0.25, 0.3) is 0 Å². The maximum atomic E-state index is 13.2. The monoisotopic (exact) mass is 295 g/mol. The van der Waals surface area contributed by atoms with E-state index in [4.69, 9.17) is 10.5 Å². The molecule has 2 bridgehead atoms. The lowest BCUT2D eigenvalue weighted by Crippen LogP contribution is -2.39. The molecule has 2 saturated carbocycles. The number of fused-ring (bicyclic) bond motifs is 2. The Kier molecular flexibility index (Phi) is 3.19. The molecule has 4 heteroatoms. The van der Waals surface area contributed by atoms with Crippen LogP contribution >= 0.6 is 0 Å². The van der Waals surface area contributed by atoms with Crippen molar-refractivity contribution >= 4 is 5.69 Å². The van der Waals surface area contributed by atoms with Crippen molar-refractivity contribution in [2.45, 2.75) is 52.6 Å². The predicted molar refractivity (Wildman–Crippen MR) is 79.5 cm³/mol. The second-order valence-corrected chi connectivity index (χ2v) is 7.31. The Labute approximate surface area is 124 Å². The Morgan fingerprint density at radius 2 is 2.00 bits per heavy atom. The number of halogens is 2. The number of benzene rings is 1. The quantitative estimate of drug-likeness (QED) is 0.813. The summed E-state index contributed by atoms with van der Waals surface area (Å²) >= 11 is 0. The van der Waals surface area contributed by atoms with Crippen molar-refractivity contribution in [2.75, 3.05) is 5.73 Å². The van der Waals surface area contributed by atoms with E-state index in [1.54, 1.807) is 12.1 Å². The van der Waals surface area contributed by atoms with Crippen LogP contribution in [0.4, 0.5) is 14.5 Å². The summed E-state index contributed by atoms with van der Waals surface area (Å²) in [6.07, 6.45) is 0.716. The molecule has 0 aromatic heterocycles. The highest BCUT2D eigenvalue weighted by Crippen LogP contribution is 2.66. The average Bonchev–Trinajstić information content (AvgIpc) is 2.73. The molecule has 116 valence electrons. The molecule has 3 rings (SSSR count). The number of alkyl halides is 2. The first-order valence-corrected chi connectivity index (χ1v) is 7.60. The van der Waals surface area contributed by atoms with Crippen LogP contribution in [0, 0.1) is 16.7 Å². The van der Waals surface area contributed by atoms with Crippen LogP contribution in [0.1, 0.15) is 52.0 Å². The number of ether oxygens (including phenoxy) is 1. The fraction of sp³-hybridized carbons (Fsp3) is 0.647. The summed E-state index contributed by atoms with van der Waals surface area (Å²) in [5, 5.41) is 0. The lowest BCUT2D eigenvalue weighted by molar-refractivity contribution is 0.0269. The first-order valence-electron chi connectivity index (χ1n) is 7.60. The third-order valence-corrected chi connectivity index (χ3v) is 6.25. The summed E-state index contributed by atoms with van der Waals surface area (Å²) < 4.78 is 32.4. The van der Waals surface area contributed by atoms with Gasteiger partial charge in [0.1, 0.15) is 11.9 Å². The normalized spacial score (nSPS) is 33.6. The SMILES string of the molecule is CC1(C)C2CCC1(C)C(Oc1ccc(N)cc1C(F)F)C2. The second-order valence-electron chi connectivity index (χ2n) is 7.31. The first-order chi connectivity index (χ1) is 9.75. The van der Waals surface area contributed by atoms with Gasteiger partial charge in [0, 0.05) is 11.1 Å². The highest BCUT2D eigenvalue weighted by molar-refractivity contribution is 5.48. The van der Waals surface area contributed by atoms with E-state index in [1.807, 2.05) is 0 Å². The van der Waals surface area contributed by atoms with E-state index in [2.05, 4.69) is 20.8 Å². The van der Waals surface area contributed by atoms with Crippen molar-refractivity contribution in [3.8, 4) is 5.75 Å². The lowest BCUT2D eigenvalue weighted by Gasteiger charge is -2.39. The zero-order valence-electron chi connectivity index (χ0n) is 12.8. The Morgan fingerprint density at radius 1 is 1.29 bits per heavy atom. The van der Waals surface area contributed by atoms with E-state index < -0.39 is 6.43 Å². The van der Waals surface area contributed by atoms with Crippen molar-refractivity contribution in [1.29, 1.82) is 0 Å².